The molecule has 4 rings (SSSR count). The van der Waals surface area contributed by atoms with Crippen molar-refractivity contribution in [1.82, 2.24) is 9.55 Å². The lowest BCUT2D eigenvalue weighted by Gasteiger charge is -2.23. The van der Waals surface area contributed by atoms with Gasteiger partial charge in [0.2, 0.25) is 0 Å². The number of hydrogen-bond donors (Lipinski definition) is 2. The Morgan fingerprint density at radius 3 is 2.26 bits per heavy atom. The second kappa shape index (κ2) is 10.7. The molecule has 0 atom stereocenters. The summed E-state index contributed by atoms with van der Waals surface area (Å²) in [6.07, 6.45) is 2.96. The Hall–Kier alpha value is -4.36. The topological polar surface area (TPSA) is 101 Å². The Bertz CT molecular complexity index is 1480. The average molecular weight is 487 g/mol. The van der Waals surface area contributed by atoms with Crippen molar-refractivity contribution >= 4 is 35.1 Å². The Balaban J connectivity index is 1.78. The van der Waals surface area contributed by atoms with Gasteiger partial charge in [0, 0.05) is 11.1 Å². The van der Waals surface area contributed by atoms with Crippen LogP contribution in [-0.4, -0.2) is 15.5 Å². The summed E-state index contributed by atoms with van der Waals surface area (Å²) >= 11 is 6.04. The maximum Gasteiger partial charge on any atom is 0.330 e. The third kappa shape index (κ3) is 5.77. The quantitative estimate of drug-likeness (QED) is 0.384. The minimum Gasteiger partial charge on any atom is -0.383 e. The standard InChI is InChI=1S/C27H23ClN4O3/c28-22-13-7-12-19(16-22)14-15-23(33)31(17-20-8-3-1-4-9-20)24-25(29)32(27(35)30-26(24)34)18-21-10-5-2-6-11-21/h1-16H,17-18,29H2,(H,30,34,35)/b15-14+. The summed E-state index contributed by atoms with van der Waals surface area (Å²) < 4.78 is 1.25. The number of nitrogens with two attached hydrogens (primary N) is 1. The minimum atomic E-state index is -0.739. The maximum atomic E-state index is 13.4. The zero-order valence-corrected chi connectivity index (χ0v) is 19.5. The molecule has 0 fully saturated rings. The Morgan fingerprint density at radius 1 is 0.943 bits per heavy atom. The van der Waals surface area contributed by atoms with Gasteiger partial charge >= 0.3 is 5.69 Å². The van der Waals surface area contributed by atoms with Crippen LogP contribution in [0.4, 0.5) is 11.5 Å². The van der Waals surface area contributed by atoms with Crippen LogP contribution >= 0.6 is 11.6 Å². The molecular formula is C27H23ClN4O3. The minimum absolute atomic E-state index is 0.0797. The number of carbonyl (C=O) groups is 1. The molecule has 0 aliphatic rings. The molecule has 0 saturated carbocycles. The summed E-state index contributed by atoms with van der Waals surface area (Å²) in [6.45, 7) is 0.220. The Kier molecular flexibility index (Phi) is 7.28. The summed E-state index contributed by atoms with van der Waals surface area (Å²) in [5.41, 5.74) is 7.21. The molecule has 0 bridgehead atoms. The van der Waals surface area contributed by atoms with Crippen molar-refractivity contribution in [3.63, 3.8) is 0 Å². The van der Waals surface area contributed by atoms with Gasteiger partial charge in [-0.2, -0.15) is 0 Å². The summed E-state index contributed by atoms with van der Waals surface area (Å²) in [7, 11) is 0. The maximum absolute atomic E-state index is 13.4. The van der Waals surface area contributed by atoms with Crippen molar-refractivity contribution < 1.29 is 4.79 Å². The van der Waals surface area contributed by atoms with Crippen molar-refractivity contribution in [1.29, 1.82) is 0 Å². The van der Waals surface area contributed by atoms with Crippen LogP contribution in [0.1, 0.15) is 16.7 Å². The molecule has 0 aliphatic heterocycles. The SMILES string of the molecule is Nc1c(N(Cc2ccccc2)C(=O)/C=C/c2cccc(Cl)c2)c(=O)[nH]c(=O)n1Cc1ccccc1. The van der Waals surface area contributed by atoms with E-state index in [0.717, 1.165) is 16.7 Å². The van der Waals surface area contributed by atoms with Crippen LogP contribution in [0.15, 0.2) is 101 Å². The number of amides is 1. The van der Waals surface area contributed by atoms with Crippen molar-refractivity contribution in [3.8, 4) is 0 Å². The molecule has 176 valence electrons. The van der Waals surface area contributed by atoms with E-state index >= 15 is 0 Å². The molecule has 35 heavy (non-hydrogen) atoms. The van der Waals surface area contributed by atoms with Gasteiger partial charge < -0.3 is 5.73 Å². The molecular weight excluding hydrogens is 464 g/mol. The van der Waals surface area contributed by atoms with E-state index in [4.69, 9.17) is 17.3 Å². The van der Waals surface area contributed by atoms with Crippen LogP contribution in [0.5, 0.6) is 0 Å². The first-order chi connectivity index (χ1) is 16.9. The zero-order chi connectivity index (χ0) is 24.8. The summed E-state index contributed by atoms with van der Waals surface area (Å²) in [6, 6.07) is 25.5. The first-order valence-corrected chi connectivity index (χ1v) is 11.3. The smallest absolute Gasteiger partial charge is 0.330 e. The van der Waals surface area contributed by atoms with Crippen molar-refractivity contribution in [2.75, 3.05) is 10.6 Å². The molecule has 3 aromatic carbocycles. The lowest BCUT2D eigenvalue weighted by Crippen LogP contribution is -2.40. The fourth-order valence-electron chi connectivity index (χ4n) is 3.66. The van der Waals surface area contributed by atoms with Crippen LogP contribution in [0, 0.1) is 0 Å². The van der Waals surface area contributed by atoms with Crippen molar-refractivity contribution in [2.45, 2.75) is 13.1 Å². The zero-order valence-electron chi connectivity index (χ0n) is 18.7. The molecule has 1 aromatic heterocycles. The van der Waals surface area contributed by atoms with Gasteiger partial charge in [-0.05, 0) is 34.9 Å². The van der Waals surface area contributed by atoms with E-state index in [1.807, 2.05) is 60.7 Å². The third-order valence-corrected chi connectivity index (χ3v) is 5.62. The van der Waals surface area contributed by atoms with E-state index in [2.05, 4.69) is 4.98 Å². The number of nitrogens with zero attached hydrogens (tertiary/aromatic N) is 2. The van der Waals surface area contributed by atoms with Gasteiger partial charge in [0.15, 0.2) is 5.69 Å². The summed E-state index contributed by atoms with van der Waals surface area (Å²) in [4.78, 5) is 42.5. The van der Waals surface area contributed by atoms with Crippen LogP contribution in [0.2, 0.25) is 5.02 Å². The van der Waals surface area contributed by atoms with Gasteiger partial charge in [0.25, 0.3) is 11.5 Å². The average Bonchev–Trinajstić information content (AvgIpc) is 2.86. The molecule has 0 radical (unpaired) electrons. The number of aromatic nitrogens is 2. The van der Waals surface area contributed by atoms with Gasteiger partial charge in [-0.1, -0.05) is 84.4 Å². The van der Waals surface area contributed by atoms with Crippen LogP contribution in [0.25, 0.3) is 6.08 Å². The molecule has 3 N–H and O–H groups in total. The number of carbonyl (C=O) groups excluding carboxylic acids is 1. The lowest BCUT2D eigenvalue weighted by atomic mass is 10.1. The monoisotopic (exact) mass is 486 g/mol. The lowest BCUT2D eigenvalue weighted by molar-refractivity contribution is -0.114. The van der Waals surface area contributed by atoms with Crippen LogP contribution in [0.3, 0.4) is 0 Å². The summed E-state index contributed by atoms with van der Waals surface area (Å²) in [5.74, 6) is -0.570. The molecule has 0 unspecified atom stereocenters. The number of nitrogen functional groups attached to an aromatic ring is 1. The fraction of sp³-hybridized carbons (Fsp3) is 0.0741. The molecule has 4 aromatic rings. The number of H-pyrrole nitrogens is 1. The largest absolute Gasteiger partial charge is 0.383 e. The van der Waals surface area contributed by atoms with E-state index < -0.39 is 17.2 Å². The molecule has 8 heteroatoms. The first kappa shape index (κ1) is 23.8. The number of rotatable bonds is 7. The number of benzene rings is 3. The number of anilines is 2. The number of halogens is 1. The van der Waals surface area contributed by atoms with Gasteiger partial charge in [-0.25, -0.2) is 4.79 Å². The second-order valence-corrected chi connectivity index (χ2v) is 8.30. The highest BCUT2D eigenvalue weighted by molar-refractivity contribution is 6.30. The van der Waals surface area contributed by atoms with Crippen molar-refractivity contribution in [2.24, 2.45) is 0 Å². The van der Waals surface area contributed by atoms with Gasteiger partial charge in [-0.3, -0.25) is 24.0 Å². The van der Waals surface area contributed by atoms with Crippen molar-refractivity contribution in [3.05, 3.63) is 134 Å². The van der Waals surface area contributed by atoms with E-state index in [9.17, 15) is 14.4 Å². The van der Waals surface area contributed by atoms with E-state index in [0.29, 0.717) is 5.02 Å². The molecule has 7 nitrogen and oxygen atoms in total. The van der Waals surface area contributed by atoms with Crippen LogP contribution < -0.4 is 21.9 Å². The molecule has 0 aliphatic carbocycles. The molecule has 1 amide bonds. The normalized spacial score (nSPS) is 11.0. The molecule has 0 saturated heterocycles. The highest BCUT2D eigenvalue weighted by atomic mass is 35.5. The van der Waals surface area contributed by atoms with Gasteiger partial charge in [-0.15, -0.1) is 0 Å². The van der Waals surface area contributed by atoms with E-state index in [-0.39, 0.29) is 24.6 Å². The molecule has 1 heterocycles. The molecule has 0 spiro atoms. The van der Waals surface area contributed by atoms with Crippen LogP contribution in [-0.2, 0) is 17.9 Å². The number of aromatic amines is 1. The van der Waals surface area contributed by atoms with E-state index in [1.165, 1.54) is 15.5 Å². The predicted molar refractivity (Wildman–Crippen MR) is 139 cm³/mol. The highest BCUT2D eigenvalue weighted by Gasteiger charge is 2.23. The highest BCUT2D eigenvalue weighted by Crippen LogP contribution is 2.21. The predicted octanol–water partition coefficient (Wildman–Crippen LogP) is 4.07. The van der Waals surface area contributed by atoms with Gasteiger partial charge in [0.1, 0.15) is 5.82 Å². The number of hydrogen-bond acceptors (Lipinski definition) is 4. The fourth-order valence-corrected chi connectivity index (χ4v) is 3.86. The summed E-state index contributed by atoms with van der Waals surface area (Å²) in [5, 5.41) is 0.536. The second-order valence-electron chi connectivity index (χ2n) is 7.86. The number of nitrogens with one attached hydrogen (secondary N) is 1. The third-order valence-electron chi connectivity index (χ3n) is 5.38. The van der Waals surface area contributed by atoms with Gasteiger partial charge in [0.05, 0.1) is 13.1 Å². The van der Waals surface area contributed by atoms with E-state index in [1.54, 1.807) is 30.3 Å². The Morgan fingerprint density at radius 2 is 1.60 bits per heavy atom. The first-order valence-electron chi connectivity index (χ1n) is 10.9. The Labute approximate surface area is 206 Å².